The molecule has 0 unspecified atom stereocenters. The highest BCUT2D eigenvalue weighted by Gasteiger charge is 2.15. The quantitative estimate of drug-likeness (QED) is 0.884. The summed E-state index contributed by atoms with van der Waals surface area (Å²) in [6.07, 6.45) is 1.77. The third-order valence-electron chi connectivity index (χ3n) is 3.39. The van der Waals surface area contributed by atoms with Crippen molar-refractivity contribution in [1.29, 1.82) is 0 Å². The Balaban J connectivity index is 1.91. The summed E-state index contributed by atoms with van der Waals surface area (Å²) >= 11 is 1.59. The van der Waals surface area contributed by atoms with Gasteiger partial charge in [-0.15, -0.1) is 11.3 Å². The van der Waals surface area contributed by atoms with Gasteiger partial charge in [0.05, 0.1) is 5.01 Å². The molecule has 2 N–H and O–H groups in total. The molecule has 0 aliphatic carbocycles. The maximum Gasteiger partial charge on any atom is 0.321 e. The molecule has 1 aromatic carbocycles. The molecular formula is C16H20N4O2S. The minimum absolute atomic E-state index is 0.155. The van der Waals surface area contributed by atoms with Crippen LogP contribution in [0.15, 0.2) is 35.8 Å². The summed E-state index contributed by atoms with van der Waals surface area (Å²) in [5, 5.41) is 8.31. The van der Waals surface area contributed by atoms with E-state index in [1.54, 1.807) is 60.8 Å². The van der Waals surface area contributed by atoms with Crippen molar-refractivity contribution >= 4 is 29.0 Å². The van der Waals surface area contributed by atoms with Crippen molar-refractivity contribution in [3.63, 3.8) is 0 Å². The van der Waals surface area contributed by atoms with Crippen molar-refractivity contribution in [2.75, 3.05) is 26.0 Å². The number of urea groups is 1. The SMILES string of the molecule is CNC(=O)c1ccc(NC(=O)N(C)C[C@@H](C)c2nccs2)cc1. The molecule has 122 valence electrons. The van der Waals surface area contributed by atoms with Gasteiger partial charge in [-0.2, -0.15) is 0 Å². The fraction of sp³-hybridized carbons (Fsp3) is 0.312. The number of rotatable bonds is 5. The monoisotopic (exact) mass is 332 g/mol. The van der Waals surface area contributed by atoms with E-state index in [1.165, 1.54) is 0 Å². The standard InChI is InChI=1S/C16H20N4O2S/c1-11(15-18-8-9-23-15)10-20(3)16(22)19-13-6-4-12(5-7-13)14(21)17-2/h4-9,11H,10H2,1-3H3,(H,17,21)(H,19,22)/t11-/m1/s1. The number of hydrogen-bond acceptors (Lipinski definition) is 4. The highest BCUT2D eigenvalue weighted by Crippen LogP contribution is 2.18. The molecule has 1 aromatic heterocycles. The number of benzene rings is 1. The minimum atomic E-state index is -0.193. The number of carbonyl (C=O) groups is 2. The topological polar surface area (TPSA) is 74.3 Å². The molecule has 3 amide bonds. The molecular weight excluding hydrogens is 312 g/mol. The summed E-state index contributed by atoms with van der Waals surface area (Å²) in [4.78, 5) is 29.6. The predicted octanol–water partition coefficient (Wildman–Crippen LogP) is 2.77. The van der Waals surface area contributed by atoms with Crippen LogP contribution in [0.5, 0.6) is 0 Å². The Bertz CT molecular complexity index is 655. The summed E-state index contributed by atoms with van der Waals surface area (Å²) < 4.78 is 0. The summed E-state index contributed by atoms with van der Waals surface area (Å²) in [6.45, 7) is 2.62. The van der Waals surface area contributed by atoms with Crippen LogP contribution in [0.3, 0.4) is 0 Å². The Labute approximate surface area is 139 Å². The van der Waals surface area contributed by atoms with Crippen LogP contribution in [-0.4, -0.2) is 42.5 Å². The predicted molar refractivity (Wildman–Crippen MR) is 92.0 cm³/mol. The van der Waals surface area contributed by atoms with Gasteiger partial charge in [0, 0.05) is 49.4 Å². The molecule has 0 aliphatic rings. The van der Waals surface area contributed by atoms with Crippen LogP contribution in [0.1, 0.15) is 28.2 Å². The van der Waals surface area contributed by atoms with Crippen molar-refractivity contribution in [3.05, 3.63) is 46.4 Å². The molecule has 2 aromatic rings. The highest BCUT2D eigenvalue weighted by atomic mass is 32.1. The Morgan fingerprint density at radius 2 is 2.00 bits per heavy atom. The zero-order valence-corrected chi connectivity index (χ0v) is 14.2. The van der Waals surface area contributed by atoms with Crippen LogP contribution in [0.2, 0.25) is 0 Å². The Kier molecular flexibility index (Phi) is 5.70. The van der Waals surface area contributed by atoms with E-state index in [0.717, 1.165) is 5.01 Å². The van der Waals surface area contributed by atoms with E-state index >= 15 is 0 Å². The van der Waals surface area contributed by atoms with E-state index in [0.29, 0.717) is 17.8 Å². The summed E-state index contributed by atoms with van der Waals surface area (Å²) in [6, 6.07) is 6.57. The van der Waals surface area contributed by atoms with Gasteiger partial charge < -0.3 is 15.5 Å². The molecule has 0 bridgehead atoms. The maximum atomic E-state index is 12.2. The second-order valence-electron chi connectivity index (χ2n) is 5.24. The molecule has 23 heavy (non-hydrogen) atoms. The molecule has 6 nitrogen and oxygen atoms in total. The molecule has 0 fully saturated rings. The third kappa shape index (κ3) is 4.53. The van der Waals surface area contributed by atoms with E-state index in [9.17, 15) is 9.59 Å². The van der Waals surface area contributed by atoms with Gasteiger partial charge in [-0.3, -0.25) is 4.79 Å². The van der Waals surface area contributed by atoms with Gasteiger partial charge in [0.1, 0.15) is 0 Å². The molecule has 7 heteroatoms. The summed E-state index contributed by atoms with van der Waals surface area (Å²) in [5.41, 5.74) is 1.20. The van der Waals surface area contributed by atoms with Crippen molar-refractivity contribution < 1.29 is 9.59 Å². The third-order valence-corrected chi connectivity index (χ3v) is 4.40. The molecule has 1 heterocycles. The average Bonchev–Trinajstić information content (AvgIpc) is 3.09. The van der Waals surface area contributed by atoms with Gasteiger partial charge in [-0.25, -0.2) is 9.78 Å². The summed E-state index contributed by atoms with van der Waals surface area (Å²) in [5.74, 6) is 0.0265. The molecule has 0 radical (unpaired) electrons. The minimum Gasteiger partial charge on any atom is -0.355 e. The van der Waals surface area contributed by atoms with Crippen molar-refractivity contribution in [2.24, 2.45) is 0 Å². The Hall–Kier alpha value is -2.41. The highest BCUT2D eigenvalue weighted by molar-refractivity contribution is 7.09. The first-order chi connectivity index (χ1) is 11.0. The molecule has 0 saturated heterocycles. The van der Waals surface area contributed by atoms with Gasteiger partial charge in [0.2, 0.25) is 0 Å². The summed E-state index contributed by atoms with van der Waals surface area (Å²) in [7, 11) is 3.33. The van der Waals surface area contributed by atoms with E-state index in [-0.39, 0.29) is 17.9 Å². The lowest BCUT2D eigenvalue weighted by molar-refractivity contribution is 0.0963. The number of nitrogens with zero attached hydrogens (tertiary/aromatic N) is 2. The number of likely N-dealkylation sites (N-methyl/N-ethyl adjacent to an activating group) is 1. The van der Waals surface area contributed by atoms with Crippen LogP contribution >= 0.6 is 11.3 Å². The van der Waals surface area contributed by atoms with Crippen molar-refractivity contribution in [1.82, 2.24) is 15.2 Å². The Morgan fingerprint density at radius 1 is 1.30 bits per heavy atom. The smallest absolute Gasteiger partial charge is 0.321 e. The van der Waals surface area contributed by atoms with Crippen LogP contribution in [0.4, 0.5) is 10.5 Å². The zero-order chi connectivity index (χ0) is 16.8. The maximum absolute atomic E-state index is 12.2. The number of thiazole rings is 1. The average molecular weight is 332 g/mol. The van der Waals surface area contributed by atoms with Crippen LogP contribution in [0.25, 0.3) is 0 Å². The van der Waals surface area contributed by atoms with Crippen LogP contribution < -0.4 is 10.6 Å². The number of amides is 3. The van der Waals surface area contributed by atoms with Gasteiger partial charge in [0.25, 0.3) is 5.91 Å². The second kappa shape index (κ2) is 7.73. The van der Waals surface area contributed by atoms with E-state index in [1.807, 2.05) is 12.3 Å². The molecule has 2 rings (SSSR count). The fourth-order valence-corrected chi connectivity index (χ4v) is 2.81. The van der Waals surface area contributed by atoms with E-state index < -0.39 is 0 Å². The first kappa shape index (κ1) is 17.0. The van der Waals surface area contributed by atoms with Crippen LogP contribution in [0, 0.1) is 0 Å². The van der Waals surface area contributed by atoms with E-state index in [2.05, 4.69) is 15.6 Å². The second-order valence-corrected chi connectivity index (χ2v) is 6.16. The number of aromatic nitrogens is 1. The lowest BCUT2D eigenvalue weighted by Gasteiger charge is -2.21. The number of nitrogens with one attached hydrogen (secondary N) is 2. The van der Waals surface area contributed by atoms with Gasteiger partial charge in [-0.05, 0) is 24.3 Å². The zero-order valence-electron chi connectivity index (χ0n) is 13.4. The lowest BCUT2D eigenvalue weighted by atomic mass is 10.2. The normalized spacial score (nSPS) is 11.6. The fourth-order valence-electron chi connectivity index (χ4n) is 2.12. The largest absolute Gasteiger partial charge is 0.355 e. The van der Waals surface area contributed by atoms with Gasteiger partial charge in [0.15, 0.2) is 0 Å². The Morgan fingerprint density at radius 3 is 2.57 bits per heavy atom. The number of anilines is 1. The molecule has 0 saturated carbocycles. The number of carbonyl (C=O) groups excluding carboxylic acids is 2. The van der Waals surface area contributed by atoms with Crippen LogP contribution in [-0.2, 0) is 0 Å². The first-order valence-corrected chi connectivity index (χ1v) is 8.13. The number of hydrogen-bond donors (Lipinski definition) is 2. The van der Waals surface area contributed by atoms with Crippen molar-refractivity contribution in [3.8, 4) is 0 Å². The molecule has 1 atom stereocenters. The molecule has 0 spiro atoms. The first-order valence-electron chi connectivity index (χ1n) is 7.25. The van der Waals surface area contributed by atoms with Gasteiger partial charge >= 0.3 is 6.03 Å². The van der Waals surface area contributed by atoms with E-state index in [4.69, 9.17) is 0 Å². The molecule has 0 aliphatic heterocycles. The lowest BCUT2D eigenvalue weighted by Crippen LogP contribution is -2.34. The van der Waals surface area contributed by atoms with Gasteiger partial charge in [-0.1, -0.05) is 6.92 Å². The van der Waals surface area contributed by atoms with Crippen molar-refractivity contribution in [2.45, 2.75) is 12.8 Å².